The average molecular weight is 378 g/mol. The van der Waals surface area contributed by atoms with Gasteiger partial charge in [-0.3, -0.25) is 4.79 Å². The van der Waals surface area contributed by atoms with Crippen molar-refractivity contribution in [1.29, 1.82) is 5.26 Å². The van der Waals surface area contributed by atoms with Crippen LogP contribution in [0.4, 0.5) is 0 Å². The van der Waals surface area contributed by atoms with Gasteiger partial charge in [0.15, 0.2) is 5.65 Å². The lowest BCUT2D eigenvalue weighted by Gasteiger charge is -2.13. The van der Waals surface area contributed by atoms with Crippen LogP contribution < -0.4 is 5.56 Å². The molecule has 5 aromatic rings. The molecule has 3 heterocycles. The highest BCUT2D eigenvalue weighted by atomic mass is 16.1. The molecule has 29 heavy (non-hydrogen) atoms. The second-order valence-electron chi connectivity index (χ2n) is 6.70. The number of imidazole rings is 1. The van der Waals surface area contributed by atoms with E-state index in [1.165, 1.54) is 6.07 Å². The minimum atomic E-state index is -0.244. The van der Waals surface area contributed by atoms with Crippen LogP contribution in [0.2, 0.25) is 0 Å². The summed E-state index contributed by atoms with van der Waals surface area (Å²) in [4.78, 5) is 31.4. The number of nitriles is 1. The summed E-state index contributed by atoms with van der Waals surface area (Å²) in [5.41, 5.74) is 6.80. The van der Waals surface area contributed by atoms with E-state index in [-0.39, 0.29) is 5.56 Å². The first kappa shape index (κ1) is 16.8. The van der Waals surface area contributed by atoms with Crippen molar-refractivity contribution >= 4 is 22.2 Å². The Kier molecular flexibility index (Phi) is 3.71. The van der Waals surface area contributed by atoms with Gasteiger partial charge in [0.25, 0.3) is 0 Å². The lowest BCUT2D eigenvalue weighted by molar-refractivity contribution is 1.19. The number of hydrogen-bond donors (Lipinski definition) is 2. The molecule has 0 aliphatic carbocycles. The van der Waals surface area contributed by atoms with E-state index in [1.54, 1.807) is 18.5 Å². The van der Waals surface area contributed by atoms with Crippen LogP contribution in [-0.4, -0.2) is 24.9 Å². The van der Waals surface area contributed by atoms with E-state index in [2.05, 4.69) is 21.0 Å². The van der Waals surface area contributed by atoms with Gasteiger partial charge < -0.3 is 9.97 Å². The Morgan fingerprint density at radius 2 is 1.86 bits per heavy atom. The Bertz CT molecular complexity index is 1510. The maximum atomic E-state index is 11.8. The lowest BCUT2D eigenvalue weighted by atomic mass is 9.97. The van der Waals surface area contributed by atoms with Gasteiger partial charge in [-0.05, 0) is 36.8 Å². The molecule has 2 aromatic carbocycles. The predicted molar refractivity (Wildman–Crippen MR) is 110 cm³/mol. The van der Waals surface area contributed by atoms with Crippen LogP contribution in [0.25, 0.3) is 44.7 Å². The molecule has 7 heteroatoms. The fourth-order valence-corrected chi connectivity index (χ4v) is 3.45. The van der Waals surface area contributed by atoms with E-state index in [9.17, 15) is 10.1 Å². The first-order valence-electron chi connectivity index (χ1n) is 8.99. The third-order valence-corrected chi connectivity index (χ3v) is 4.96. The normalized spacial score (nSPS) is 11.0. The van der Waals surface area contributed by atoms with Gasteiger partial charge in [-0.2, -0.15) is 5.26 Å². The van der Waals surface area contributed by atoms with Crippen molar-refractivity contribution in [2.75, 3.05) is 0 Å². The number of fused-ring (bicyclic) bond motifs is 2. The minimum absolute atomic E-state index is 0.244. The molecule has 0 saturated heterocycles. The van der Waals surface area contributed by atoms with E-state index in [0.717, 1.165) is 27.7 Å². The Morgan fingerprint density at radius 1 is 1.00 bits per heavy atom. The number of hydrogen-bond acceptors (Lipinski definition) is 5. The van der Waals surface area contributed by atoms with Crippen LogP contribution in [-0.2, 0) is 0 Å². The topological polar surface area (TPSA) is 111 Å². The third kappa shape index (κ3) is 2.75. The fourth-order valence-electron chi connectivity index (χ4n) is 3.45. The standard InChI is InChI=1S/C22H14N6O/c1-12-14(10-23)3-2-4-15(12)21-20(13-5-6-16-18(9-13)25-11-24-16)26-17-7-8-19(29)27-22(17)28-21/h2-9,11H,1H3,(H,24,25)(H,27,28,29). The Balaban J connectivity index is 1.86. The van der Waals surface area contributed by atoms with E-state index in [4.69, 9.17) is 9.97 Å². The molecule has 0 amide bonds. The molecular weight excluding hydrogens is 364 g/mol. The van der Waals surface area contributed by atoms with Crippen molar-refractivity contribution in [3.05, 3.63) is 76.3 Å². The molecule has 0 fully saturated rings. The van der Waals surface area contributed by atoms with Gasteiger partial charge in [-0.15, -0.1) is 0 Å². The maximum Gasteiger partial charge on any atom is 0.249 e. The van der Waals surface area contributed by atoms with Gasteiger partial charge in [-0.25, -0.2) is 15.0 Å². The first-order valence-corrected chi connectivity index (χ1v) is 8.99. The Morgan fingerprint density at radius 3 is 2.72 bits per heavy atom. The summed E-state index contributed by atoms with van der Waals surface area (Å²) in [6.45, 7) is 1.88. The number of benzene rings is 2. The van der Waals surface area contributed by atoms with Crippen molar-refractivity contribution in [3.63, 3.8) is 0 Å². The third-order valence-electron chi connectivity index (χ3n) is 4.96. The second kappa shape index (κ2) is 6.39. The Hall–Kier alpha value is -4.31. The average Bonchev–Trinajstić information content (AvgIpc) is 3.21. The number of pyridine rings is 1. The molecule has 5 rings (SSSR count). The van der Waals surface area contributed by atoms with Crippen LogP contribution in [0, 0.1) is 18.3 Å². The molecule has 3 aromatic heterocycles. The minimum Gasteiger partial charge on any atom is -0.345 e. The molecule has 0 bridgehead atoms. The molecule has 0 unspecified atom stereocenters. The van der Waals surface area contributed by atoms with Gasteiger partial charge in [-0.1, -0.05) is 18.2 Å². The summed E-state index contributed by atoms with van der Waals surface area (Å²) in [6, 6.07) is 16.6. The highest BCUT2D eigenvalue weighted by Crippen LogP contribution is 2.34. The van der Waals surface area contributed by atoms with Crippen LogP contribution in [0.15, 0.2) is 59.7 Å². The molecule has 0 radical (unpaired) electrons. The molecule has 2 N–H and O–H groups in total. The molecule has 7 nitrogen and oxygen atoms in total. The van der Waals surface area contributed by atoms with E-state index >= 15 is 0 Å². The summed E-state index contributed by atoms with van der Waals surface area (Å²) in [5.74, 6) is 0. The van der Waals surface area contributed by atoms with Crippen molar-refractivity contribution in [3.8, 4) is 28.6 Å². The van der Waals surface area contributed by atoms with Crippen molar-refractivity contribution in [1.82, 2.24) is 24.9 Å². The van der Waals surface area contributed by atoms with Gasteiger partial charge in [0, 0.05) is 17.2 Å². The smallest absolute Gasteiger partial charge is 0.249 e. The fraction of sp³-hybridized carbons (Fsp3) is 0.0455. The van der Waals surface area contributed by atoms with E-state index in [1.807, 2.05) is 37.3 Å². The highest BCUT2D eigenvalue weighted by molar-refractivity contribution is 5.89. The van der Waals surface area contributed by atoms with E-state index < -0.39 is 0 Å². The summed E-state index contributed by atoms with van der Waals surface area (Å²) < 4.78 is 0. The molecule has 138 valence electrons. The second-order valence-corrected chi connectivity index (χ2v) is 6.70. The summed E-state index contributed by atoms with van der Waals surface area (Å²) in [6.07, 6.45) is 1.65. The van der Waals surface area contributed by atoms with Gasteiger partial charge in [0.1, 0.15) is 5.52 Å². The van der Waals surface area contributed by atoms with Crippen molar-refractivity contribution in [2.45, 2.75) is 6.92 Å². The van der Waals surface area contributed by atoms with Crippen LogP contribution in [0.1, 0.15) is 11.1 Å². The van der Waals surface area contributed by atoms with Crippen LogP contribution in [0.5, 0.6) is 0 Å². The van der Waals surface area contributed by atoms with Crippen LogP contribution in [0.3, 0.4) is 0 Å². The van der Waals surface area contributed by atoms with Crippen molar-refractivity contribution < 1.29 is 0 Å². The molecule has 0 atom stereocenters. The predicted octanol–water partition coefficient (Wildman–Crippen LogP) is 3.71. The molecule has 0 aliphatic heterocycles. The number of nitrogens with zero attached hydrogens (tertiary/aromatic N) is 4. The summed E-state index contributed by atoms with van der Waals surface area (Å²) in [7, 11) is 0. The molecule has 0 saturated carbocycles. The lowest BCUT2D eigenvalue weighted by Crippen LogP contribution is -2.06. The summed E-state index contributed by atoms with van der Waals surface area (Å²) >= 11 is 0. The van der Waals surface area contributed by atoms with Crippen molar-refractivity contribution in [2.24, 2.45) is 0 Å². The zero-order valence-corrected chi connectivity index (χ0v) is 15.4. The Labute approximate surface area is 164 Å². The monoisotopic (exact) mass is 378 g/mol. The summed E-state index contributed by atoms with van der Waals surface area (Å²) in [5, 5.41) is 9.43. The quantitative estimate of drug-likeness (QED) is 0.486. The first-order chi connectivity index (χ1) is 14.1. The zero-order valence-electron chi connectivity index (χ0n) is 15.4. The van der Waals surface area contributed by atoms with Crippen LogP contribution >= 0.6 is 0 Å². The molecule has 0 aliphatic rings. The number of aromatic amines is 2. The number of rotatable bonds is 2. The zero-order chi connectivity index (χ0) is 20.0. The highest BCUT2D eigenvalue weighted by Gasteiger charge is 2.17. The number of H-pyrrole nitrogens is 2. The molecule has 0 spiro atoms. The SMILES string of the molecule is Cc1c(C#N)cccc1-c1nc2[nH]c(=O)ccc2nc1-c1ccc2nc[nH]c2c1. The number of nitrogens with one attached hydrogen (secondary N) is 2. The van der Waals surface area contributed by atoms with Gasteiger partial charge in [0.05, 0.1) is 40.4 Å². The van der Waals surface area contributed by atoms with Gasteiger partial charge in [0.2, 0.25) is 5.56 Å². The molecular formula is C22H14N6O. The largest absolute Gasteiger partial charge is 0.345 e. The van der Waals surface area contributed by atoms with E-state index in [0.29, 0.717) is 28.1 Å². The number of aromatic nitrogens is 5. The maximum absolute atomic E-state index is 11.8. The van der Waals surface area contributed by atoms with Gasteiger partial charge >= 0.3 is 0 Å².